The molecule has 0 unspecified atom stereocenters. The van der Waals surface area contributed by atoms with Gasteiger partial charge in [0.2, 0.25) is 5.95 Å². The lowest BCUT2D eigenvalue weighted by atomic mass is 10.1. The fourth-order valence-electron chi connectivity index (χ4n) is 2.29. The maximum Gasteiger partial charge on any atom is 0.225 e. The summed E-state index contributed by atoms with van der Waals surface area (Å²) in [6.07, 6.45) is 1.73. The van der Waals surface area contributed by atoms with Crippen molar-refractivity contribution in [2.45, 2.75) is 26.3 Å². The Morgan fingerprint density at radius 1 is 0.923 bits per heavy atom. The standard InChI is InChI=1S/C19H19Cl2N5/c1-19(2,3)26-18-24-15(13-8-4-5-10-22-13)11-16(25-18)23-14-9-6-7-12(20)17(14)21/h4-11H,1-3H3,(H2,23,24,25,26). The first kappa shape index (κ1) is 18.4. The van der Waals surface area contributed by atoms with Crippen molar-refractivity contribution in [2.75, 3.05) is 10.6 Å². The number of aromatic nitrogens is 3. The molecule has 0 aliphatic carbocycles. The molecule has 3 aromatic rings. The Hall–Kier alpha value is -2.37. The minimum atomic E-state index is -0.187. The van der Waals surface area contributed by atoms with Crippen molar-refractivity contribution >= 4 is 40.7 Å². The van der Waals surface area contributed by atoms with E-state index in [4.69, 9.17) is 23.2 Å². The van der Waals surface area contributed by atoms with Crippen LogP contribution in [0.5, 0.6) is 0 Å². The molecule has 2 N–H and O–H groups in total. The highest BCUT2D eigenvalue weighted by Crippen LogP contribution is 2.32. The topological polar surface area (TPSA) is 62.7 Å². The van der Waals surface area contributed by atoms with E-state index in [1.807, 2.05) is 57.2 Å². The number of halogens is 2. The zero-order chi connectivity index (χ0) is 18.7. The van der Waals surface area contributed by atoms with E-state index in [0.29, 0.717) is 33.2 Å². The molecule has 26 heavy (non-hydrogen) atoms. The van der Waals surface area contributed by atoms with E-state index >= 15 is 0 Å². The van der Waals surface area contributed by atoms with Crippen LogP contribution in [0.3, 0.4) is 0 Å². The number of nitrogens with zero attached hydrogens (tertiary/aromatic N) is 3. The summed E-state index contributed by atoms with van der Waals surface area (Å²) in [6, 6.07) is 12.9. The molecular weight excluding hydrogens is 369 g/mol. The summed E-state index contributed by atoms with van der Waals surface area (Å²) in [4.78, 5) is 13.5. The van der Waals surface area contributed by atoms with E-state index in [9.17, 15) is 0 Å². The van der Waals surface area contributed by atoms with Crippen LogP contribution in [0.15, 0.2) is 48.7 Å². The van der Waals surface area contributed by atoms with Gasteiger partial charge in [0.25, 0.3) is 0 Å². The van der Waals surface area contributed by atoms with Gasteiger partial charge in [-0.05, 0) is 45.0 Å². The van der Waals surface area contributed by atoms with Crippen molar-refractivity contribution in [3.05, 3.63) is 58.7 Å². The zero-order valence-electron chi connectivity index (χ0n) is 14.7. The van der Waals surface area contributed by atoms with Gasteiger partial charge >= 0.3 is 0 Å². The fraction of sp³-hybridized carbons (Fsp3) is 0.211. The van der Waals surface area contributed by atoms with Gasteiger partial charge in [-0.15, -0.1) is 0 Å². The molecule has 0 fully saturated rings. The first-order valence-corrected chi connectivity index (χ1v) is 8.87. The maximum atomic E-state index is 6.28. The van der Waals surface area contributed by atoms with Gasteiger partial charge in [-0.25, -0.2) is 4.98 Å². The van der Waals surface area contributed by atoms with Crippen molar-refractivity contribution in [3.8, 4) is 11.4 Å². The molecule has 7 heteroatoms. The Bertz CT molecular complexity index is 908. The van der Waals surface area contributed by atoms with Crippen LogP contribution < -0.4 is 10.6 Å². The van der Waals surface area contributed by atoms with Gasteiger partial charge in [-0.1, -0.05) is 35.3 Å². The van der Waals surface area contributed by atoms with Gasteiger partial charge in [0.1, 0.15) is 5.82 Å². The van der Waals surface area contributed by atoms with Crippen molar-refractivity contribution < 1.29 is 0 Å². The second-order valence-corrected chi connectivity index (χ2v) is 7.56. The second kappa shape index (κ2) is 7.48. The monoisotopic (exact) mass is 387 g/mol. The Morgan fingerprint density at radius 3 is 2.42 bits per heavy atom. The lowest BCUT2D eigenvalue weighted by Gasteiger charge is -2.21. The number of hydrogen-bond donors (Lipinski definition) is 2. The highest BCUT2D eigenvalue weighted by Gasteiger charge is 2.15. The summed E-state index contributed by atoms with van der Waals surface area (Å²) in [5.41, 5.74) is 1.94. The predicted octanol–water partition coefficient (Wildman–Crippen LogP) is 5.80. The zero-order valence-corrected chi connectivity index (χ0v) is 16.2. The van der Waals surface area contributed by atoms with Crippen LogP contribution in [0.1, 0.15) is 20.8 Å². The van der Waals surface area contributed by atoms with Crippen LogP contribution in [-0.2, 0) is 0 Å². The van der Waals surface area contributed by atoms with Crippen LogP contribution >= 0.6 is 23.2 Å². The van der Waals surface area contributed by atoms with E-state index in [2.05, 4.69) is 25.6 Å². The molecule has 0 saturated carbocycles. The summed E-state index contributed by atoms with van der Waals surface area (Å²) in [6.45, 7) is 6.14. The van der Waals surface area contributed by atoms with E-state index in [-0.39, 0.29) is 5.54 Å². The summed E-state index contributed by atoms with van der Waals surface area (Å²) in [5, 5.41) is 7.43. The van der Waals surface area contributed by atoms with Crippen molar-refractivity contribution in [1.29, 1.82) is 0 Å². The molecule has 2 aromatic heterocycles. The molecule has 0 saturated heterocycles. The molecule has 0 aliphatic heterocycles. The van der Waals surface area contributed by atoms with E-state index in [0.717, 1.165) is 5.69 Å². The first-order valence-electron chi connectivity index (χ1n) is 8.11. The summed E-state index contributed by atoms with van der Waals surface area (Å²) < 4.78 is 0. The van der Waals surface area contributed by atoms with E-state index in [1.54, 1.807) is 12.3 Å². The quantitative estimate of drug-likeness (QED) is 0.592. The van der Waals surface area contributed by atoms with Gasteiger partial charge in [-0.2, -0.15) is 4.98 Å². The van der Waals surface area contributed by atoms with Gasteiger partial charge < -0.3 is 10.6 Å². The molecule has 2 heterocycles. The average Bonchev–Trinajstić information content (AvgIpc) is 2.58. The third kappa shape index (κ3) is 4.62. The Balaban J connectivity index is 2.03. The molecule has 3 rings (SSSR count). The fourth-order valence-corrected chi connectivity index (χ4v) is 2.63. The Kier molecular flexibility index (Phi) is 5.30. The summed E-state index contributed by atoms with van der Waals surface area (Å²) in [7, 11) is 0. The molecule has 0 atom stereocenters. The normalized spacial score (nSPS) is 11.3. The number of nitrogens with one attached hydrogen (secondary N) is 2. The van der Waals surface area contributed by atoms with Crippen molar-refractivity contribution in [2.24, 2.45) is 0 Å². The molecular formula is C19H19Cl2N5. The molecule has 5 nitrogen and oxygen atoms in total. The predicted molar refractivity (Wildman–Crippen MR) is 108 cm³/mol. The number of hydrogen-bond acceptors (Lipinski definition) is 5. The minimum absolute atomic E-state index is 0.187. The third-order valence-electron chi connectivity index (χ3n) is 3.35. The molecule has 1 aromatic carbocycles. The largest absolute Gasteiger partial charge is 0.350 e. The highest BCUT2D eigenvalue weighted by molar-refractivity contribution is 6.43. The molecule has 0 bridgehead atoms. The van der Waals surface area contributed by atoms with E-state index in [1.165, 1.54) is 0 Å². The molecule has 134 valence electrons. The number of pyridine rings is 1. The maximum absolute atomic E-state index is 6.28. The average molecular weight is 388 g/mol. The third-order valence-corrected chi connectivity index (χ3v) is 4.17. The highest BCUT2D eigenvalue weighted by atomic mass is 35.5. The molecule has 0 spiro atoms. The smallest absolute Gasteiger partial charge is 0.225 e. The van der Waals surface area contributed by atoms with Crippen molar-refractivity contribution in [3.63, 3.8) is 0 Å². The lowest BCUT2D eigenvalue weighted by molar-refractivity contribution is 0.626. The first-order chi connectivity index (χ1) is 12.3. The van der Waals surface area contributed by atoms with Crippen LogP contribution in [0.2, 0.25) is 10.0 Å². The van der Waals surface area contributed by atoms with Gasteiger partial charge in [0.05, 0.1) is 27.1 Å². The lowest BCUT2D eigenvalue weighted by Crippen LogP contribution is -2.27. The van der Waals surface area contributed by atoms with Gasteiger partial charge in [0.15, 0.2) is 0 Å². The van der Waals surface area contributed by atoms with Crippen molar-refractivity contribution in [1.82, 2.24) is 15.0 Å². The minimum Gasteiger partial charge on any atom is -0.350 e. The Morgan fingerprint density at radius 2 is 1.73 bits per heavy atom. The van der Waals surface area contributed by atoms with Crippen LogP contribution in [0.4, 0.5) is 17.5 Å². The summed E-state index contributed by atoms with van der Waals surface area (Å²) >= 11 is 12.4. The number of anilines is 3. The molecule has 0 radical (unpaired) electrons. The second-order valence-electron chi connectivity index (χ2n) is 6.78. The molecule has 0 aliphatic rings. The van der Waals surface area contributed by atoms with Crippen LogP contribution in [0.25, 0.3) is 11.4 Å². The van der Waals surface area contributed by atoms with Crippen LogP contribution in [-0.4, -0.2) is 20.5 Å². The Labute approximate surface area is 162 Å². The summed E-state index contributed by atoms with van der Waals surface area (Å²) in [5.74, 6) is 1.10. The van der Waals surface area contributed by atoms with Gasteiger partial charge in [0, 0.05) is 17.8 Å². The van der Waals surface area contributed by atoms with Crippen LogP contribution in [0, 0.1) is 0 Å². The van der Waals surface area contributed by atoms with E-state index < -0.39 is 0 Å². The number of rotatable bonds is 4. The molecule has 0 amide bonds. The number of benzene rings is 1. The van der Waals surface area contributed by atoms with Gasteiger partial charge in [-0.3, -0.25) is 4.98 Å². The SMILES string of the molecule is CC(C)(C)Nc1nc(Nc2cccc(Cl)c2Cl)cc(-c2ccccn2)n1.